The molecule has 1 aliphatic heterocycles. The van der Waals surface area contributed by atoms with Crippen molar-refractivity contribution < 1.29 is 13.2 Å². The number of carbonyl (C=O) groups excluding carboxylic acids is 1. The second kappa shape index (κ2) is 6.04. The normalized spacial score (nSPS) is 28.1. The van der Waals surface area contributed by atoms with E-state index in [1.165, 1.54) is 0 Å². The van der Waals surface area contributed by atoms with E-state index in [1.54, 1.807) is 0 Å². The van der Waals surface area contributed by atoms with Crippen LogP contribution < -0.4 is 0 Å². The molecule has 1 aliphatic carbocycles. The van der Waals surface area contributed by atoms with E-state index in [9.17, 15) is 13.2 Å². The molecule has 1 saturated carbocycles. The average molecular weight is 301 g/mol. The molecular weight excluding hydrogens is 274 g/mol. The molecule has 1 saturated heterocycles. The van der Waals surface area contributed by atoms with Gasteiger partial charge in [-0.25, -0.2) is 8.42 Å². The minimum atomic E-state index is -2.88. The van der Waals surface area contributed by atoms with Crippen LogP contribution in [0, 0.1) is 11.8 Å². The minimum absolute atomic E-state index is 0.0397. The molecule has 116 valence electrons. The summed E-state index contributed by atoms with van der Waals surface area (Å²) in [5.41, 5.74) is 0. The predicted octanol–water partition coefficient (Wildman–Crippen LogP) is 2.24. The molecule has 0 unspecified atom stereocenters. The smallest absolute Gasteiger partial charge is 0.223 e. The van der Waals surface area contributed by atoms with Crippen molar-refractivity contribution in [3.05, 3.63) is 0 Å². The van der Waals surface area contributed by atoms with Crippen molar-refractivity contribution in [2.45, 2.75) is 65.0 Å². The van der Waals surface area contributed by atoms with Gasteiger partial charge >= 0.3 is 0 Å². The fourth-order valence-electron chi connectivity index (χ4n) is 3.12. The number of rotatable bonds is 6. The molecule has 0 aromatic carbocycles. The van der Waals surface area contributed by atoms with Crippen LogP contribution in [0.5, 0.6) is 0 Å². The van der Waals surface area contributed by atoms with Crippen molar-refractivity contribution in [1.82, 2.24) is 4.90 Å². The summed E-state index contributed by atoms with van der Waals surface area (Å²) < 4.78 is 23.0. The van der Waals surface area contributed by atoms with E-state index in [-0.39, 0.29) is 29.4 Å². The van der Waals surface area contributed by atoms with Gasteiger partial charge in [-0.15, -0.1) is 0 Å². The summed E-state index contributed by atoms with van der Waals surface area (Å²) in [4.78, 5) is 14.6. The molecule has 0 aromatic rings. The van der Waals surface area contributed by atoms with Crippen molar-refractivity contribution in [2.75, 3.05) is 11.5 Å². The van der Waals surface area contributed by atoms with Crippen LogP contribution in [0.1, 0.15) is 52.9 Å². The van der Waals surface area contributed by atoms with E-state index in [1.807, 2.05) is 0 Å². The molecule has 0 bridgehead atoms. The number of hydrogen-bond acceptors (Lipinski definition) is 3. The van der Waals surface area contributed by atoms with Crippen molar-refractivity contribution >= 4 is 15.7 Å². The van der Waals surface area contributed by atoms with Crippen LogP contribution >= 0.6 is 0 Å². The van der Waals surface area contributed by atoms with Gasteiger partial charge in [0.05, 0.1) is 11.5 Å². The summed E-state index contributed by atoms with van der Waals surface area (Å²) in [6, 6.07) is 0.669. The van der Waals surface area contributed by atoms with Crippen LogP contribution in [0.3, 0.4) is 0 Å². The molecule has 0 spiro atoms. The Labute approximate surface area is 122 Å². The van der Waals surface area contributed by atoms with E-state index in [4.69, 9.17) is 0 Å². The van der Waals surface area contributed by atoms with E-state index in [0.29, 0.717) is 24.8 Å². The number of sulfone groups is 1. The summed E-state index contributed by atoms with van der Waals surface area (Å²) in [5, 5.41) is 0. The SMILES string of the molecule is CC[C@H](C)[C@H](C)N(C(=O)C[C@H]1CCS(=O)(=O)C1)C1CC1. The zero-order valence-corrected chi connectivity index (χ0v) is 13.7. The van der Waals surface area contributed by atoms with Crippen LogP contribution in [0.4, 0.5) is 0 Å². The Morgan fingerprint density at radius 2 is 1.90 bits per heavy atom. The third kappa shape index (κ3) is 3.74. The number of hydrogen-bond donors (Lipinski definition) is 0. The molecule has 2 rings (SSSR count). The van der Waals surface area contributed by atoms with Gasteiger partial charge in [-0.2, -0.15) is 0 Å². The van der Waals surface area contributed by atoms with E-state index >= 15 is 0 Å². The lowest BCUT2D eigenvalue weighted by atomic mass is 9.97. The lowest BCUT2D eigenvalue weighted by Crippen LogP contribution is -2.44. The third-order valence-corrected chi connectivity index (χ3v) is 6.76. The first-order valence-corrected chi connectivity index (χ1v) is 9.67. The quantitative estimate of drug-likeness (QED) is 0.756. The van der Waals surface area contributed by atoms with Gasteiger partial charge in [0.1, 0.15) is 0 Å². The molecule has 3 atom stereocenters. The maximum absolute atomic E-state index is 12.6. The minimum Gasteiger partial charge on any atom is -0.337 e. The van der Waals surface area contributed by atoms with Gasteiger partial charge in [0, 0.05) is 18.5 Å². The molecule has 1 heterocycles. The second-order valence-corrected chi connectivity index (χ2v) is 8.86. The Kier molecular flexibility index (Phi) is 4.77. The largest absolute Gasteiger partial charge is 0.337 e. The fourth-order valence-corrected chi connectivity index (χ4v) is 4.98. The predicted molar refractivity (Wildman–Crippen MR) is 80.2 cm³/mol. The fraction of sp³-hybridized carbons (Fsp3) is 0.933. The first kappa shape index (κ1) is 15.8. The summed E-state index contributed by atoms with van der Waals surface area (Å²) in [7, 11) is -2.88. The van der Waals surface area contributed by atoms with Gasteiger partial charge in [0.15, 0.2) is 9.84 Å². The van der Waals surface area contributed by atoms with Crippen molar-refractivity contribution in [2.24, 2.45) is 11.8 Å². The van der Waals surface area contributed by atoms with Crippen molar-refractivity contribution in [3.63, 3.8) is 0 Å². The molecule has 0 radical (unpaired) electrons. The standard InChI is InChI=1S/C15H27NO3S/c1-4-11(2)12(3)16(14-5-6-14)15(17)9-13-7-8-20(18,19)10-13/h11-14H,4-10H2,1-3H3/t11-,12-,13+/m0/s1. The van der Waals surface area contributed by atoms with Gasteiger partial charge in [-0.1, -0.05) is 20.3 Å². The molecule has 0 aromatic heterocycles. The summed E-state index contributed by atoms with van der Waals surface area (Å²) in [6.45, 7) is 6.48. The molecule has 0 N–H and O–H groups in total. The third-order valence-electron chi connectivity index (χ3n) is 4.92. The summed E-state index contributed by atoms with van der Waals surface area (Å²) in [5.74, 6) is 1.16. The lowest BCUT2D eigenvalue weighted by molar-refractivity contribution is -0.135. The van der Waals surface area contributed by atoms with Gasteiger partial charge in [0.25, 0.3) is 0 Å². The molecule has 2 aliphatic rings. The monoisotopic (exact) mass is 301 g/mol. The van der Waals surface area contributed by atoms with Gasteiger partial charge in [0.2, 0.25) is 5.91 Å². The maximum Gasteiger partial charge on any atom is 0.223 e. The first-order chi connectivity index (χ1) is 9.34. The van der Waals surface area contributed by atoms with Crippen LogP contribution in [0.15, 0.2) is 0 Å². The van der Waals surface area contributed by atoms with Crippen LogP contribution in [-0.4, -0.2) is 42.8 Å². The van der Waals surface area contributed by atoms with E-state index in [0.717, 1.165) is 19.3 Å². The highest BCUT2D eigenvalue weighted by atomic mass is 32.2. The van der Waals surface area contributed by atoms with Crippen molar-refractivity contribution in [1.29, 1.82) is 0 Å². The molecule has 2 fully saturated rings. The van der Waals surface area contributed by atoms with E-state index < -0.39 is 9.84 Å². The molecular formula is C15H27NO3S. The highest BCUT2D eigenvalue weighted by molar-refractivity contribution is 7.91. The van der Waals surface area contributed by atoms with Gasteiger partial charge in [-0.05, 0) is 38.0 Å². The Hall–Kier alpha value is -0.580. The van der Waals surface area contributed by atoms with Crippen LogP contribution in [0.25, 0.3) is 0 Å². The van der Waals surface area contributed by atoms with Crippen molar-refractivity contribution in [3.8, 4) is 0 Å². The number of nitrogens with zero attached hydrogens (tertiary/aromatic N) is 1. The van der Waals surface area contributed by atoms with Crippen LogP contribution in [-0.2, 0) is 14.6 Å². The lowest BCUT2D eigenvalue weighted by Gasteiger charge is -2.34. The zero-order chi connectivity index (χ0) is 14.9. The second-order valence-electron chi connectivity index (χ2n) is 6.63. The molecule has 4 nitrogen and oxygen atoms in total. The first-order valence-electron chi connectivity index (χ1n) is 7.85. The Morgan fingerprint density at radius 3 is 2.35 bits per heavy atom. The maximum atomic E-state index is 12.6. The average Bonchev–Trinajstić information content (AvgIpc) is 3.13. The topological polar surface area (TPSA) is 54.5 Å². The highest BCUT2D eigenvalue weighted by Gasteiger charge is 2.39. The van der Waals surface area contributed by atoms with Crippen LogP contribution in [0.2, 0.25) is 0 Å². The number of amides is 1. The summed E-state index contributed by atoms with van der Waals surface area (Å²) in [6.07, 6.45) is 4.35. The van der Waals surface area contributed by atoms with Gasteiger partial charge in [-0.3, -0.25) is 4.79 Å². The van der Waals surface area contributed by atoms with Gasteiger partial charge < -0.3 is 4.90 Å². The molecule has 5 heteroatoms. The molecule has 1 amide bonds. The Morgan fingerprint density at radius 1 is 1.25 bits per heavy atom. The molecule has 20 heavy (non-hydrogen) atoms. The summed E-state index contributed by atoms with van der Waals surface area (Å²) >= 11 is 0. The Balaban J connectivity index is 1.97. The zero-order valence-electron chi connectivity index (χ0n) is 12.8. The number of carbonyl (C=O) groups is 1. The Bertz CT molecular complexity index is 456. The highest BCUT2D eigenvalue weighted by Crippen LogP contribution is 2.33. The van der Waals surface area contributed by atoms with E-state index in [2.05, 4.69) is 25.7 Å².